The van der Waals surface area contributed by atoms with E-state index < -0.39 is 0 Å². The number of aliphatic hydroxyl groups is 1. The topological polar surface area (TPSA) is 70.6 Å². The highest BCUT2D eigenvalue weighted by molar-refractivity contribution is 6.30. The largest absolute Gasteiger partial charge is 0.393 e. The average molecular weight is 341 g/mol. The summed E-state index contributed by atoms with van der Waals surface area (Å²) in [5.74, 6) is 0. The Morgan fingerprint density at radius 1 is 1.30 bits per heavy atom. The molecule has 2 amide bonds. The van der Waals surface area contributed by atoms with E-state index in [-0.39, 0.29) is 24.2 Å². The molecule has 1 aliphatic carbocycles. The summed E-state index contributed by atoms with van der Waals surface area (Å²) in [6, 6.07) is 7.30. The summed E-state index contributed by atoms with van der Waals surface area (Å²) in [7, 11) is 1.65. The van der Waals surface area contributed by atoms with E-state index in [1.165, 1.54) is 0 Å². The molecule has 0 aliphatic heterocycles. The van der Waals surface area contributed by atoms with Crippen molar-refractivity contribution in [1.82, 2.24) is 10.6 Å². The first-order chi connectivity index (χ1) is 11.1. The number of halogens is 1. The van der Waals surface area contributed by atoms with Crippen LogP contribution in [0.15, 0.2) is 24.3 Å². The first kappa shape index (κ1) is 18.0. The smallest absolute Gasteiger partial charge is 0.315 e. The molecule has 0 saturated heterocycles. The second kappa shape index (κ2) is 9.11. The van der Waals surface area contributed by atoms with Gasteiger partial charge in [0, 0.05) is 24.8 Å². The van der Waals surface area contributed by atoms with E-state index in [2.05, 4.69) is 10.6 Å². The lowest BCUT2D eigenvalue weighted by Gasteiger charge is -2.27. The molecule has 1 unspecified atom stereocenters. The summed E-state index contributed by atoms with van der Waals surface area (Å²) in [5, 5.41) is 16.2. The lowest BCUT2D eigenvalue weighted by atomic mass is 9.93. The van der Waals surface area contributed by atoms with E-state index in [9.17, 15) is 9.90 Å². The number of amides is 2. The highest BCUT2D eigenvalue weighted by Crippen LogP contribution is 2.21. The summed E-state index contributed by atoms with van der Waals surface area (Å²) in [5.41, 5.74) is 1.00. The monoisotopic (exact) mass is 340 g/mol. The van der Waals surface area contributed by atoms with Crippen LogP contribution in [0.2, 0.25) is 5.02 Å². The van der Waals surface area contributed by atoms with Gasteiger partial charge in [-0.3, -0.25) is 0 Å². The van der Waals surface area contributed by atoms with Crippen molar-refractivity contribution in [3.8, 4) is 0 Å². The Balaban J connectivity index is 1.91. The second-order valence-electron chi connectivity index (χ2n) is 6.01. The molecule has 1 saturated carbocycles. The third-order valence-electron chi connectivity index (χ3n) is 4.22. The number of nitrogens with one attached hydrogen (secondary N) is 2. The quantitative estimate of drug-likeness (QED) is 0.745. The van der Waals surface area contributed by atoms with Crippen LogP contribution in [0.3, 0.4) is 0 Å². The van der Waals surface area contributed by atoms with Gasteiger partial charge in [-0.25, -0.2) is 4.79 Å². The molecule has 6 heteroatoms. The SMILES string of the molecule is COCCC(NC(=O)NC1CCC(O)CC1)c1ccc(Cl)cc1. The van der Waals surface area contributed by atoms with Gasteiger partial charge >= 0.3 is 6.03 Å². The zero-order valence-corrected chi connectivity index (χ0v) is 14.2. The Labute approximate surface area is 142 Å². The molecule has 0 aromatic heterocycles. The molecule has 1 aromatic rings. The van der Waals surface area contributed by atoms with Gasteiger partial charge in [-0.2, -0.15) is 0 Å². The minimum atomic E-state index is -0.223. The molecule has 23 heavy (non-hydrogen) atoms. The summed E-state index contributed by atoms with van der Waals surface area (Å²) in [6.07, 6.45) is 3.59. The maximum atomic E-state index is 12.3. The first-order valence-corrected chi connectivity index (χ1v) is 8.45. The van der Waals surface area contributed by atoms with Crippen molar-refractivity contribution < 1.29 is 14.6 Å². The van der Waals surface area contributed by atoms with Crippen LogP contribution in [0.1, 0.15) is 43.7 Å². The van der Waals surface area contributed by atoms with Gasteiger partial charge in [0.15, 0.2) is 0 Å². The lowest BCUT2D eigenvalue weighted by Crippen LogP contribution is -2.45. The van der Waals surface area contributed by atoms with E-state index in [1.54, 1.807) is 7.11 Å². The van der Waals surface area contributed by atoms with Crippen LogP contribution < -0.4 is 10.6 Å². The van der Waals surface area contributed by atoms with Gasteiger partial charge in [0.05, 0.1) is 12.1 Å². The minimum Gasteiger partial charge on any atom is -0.393 e. The fourth-order valence-corrected chi connectivity index (χ4v) is 2.98. The molecule has 1 atom stereocenters. The fourth-order valence-electron chi connectivity index (χ4n) is 2.86. The molecule has 1 aromatic carbocycles. The maximum Gasteiger partial charge on any atom is 0.315 e. The molecule has 128 valence electrons. The number of carbonyl (C=O) groups excluding carboxylic acids is 1. The molecule has 0 spiro atoms. The maximum absolute atomic E-state index is 12.3. The van der Waals surface area contributed by atoms with Gasteiger partial charge in [-0.1, -0.05) is 23.7 Å². The molecule has 0 radical (unpaired) electrons. The highest BCUT2D eigenvalue weighted by atomic mass is 35.5. The van der Waals surface area contributed by atoms with Gasteiger partial charge in [0.1, 0.15) is 0 Å². The Hall–Kier alpha value is -1.30. The van der Waals surface area contributed by atoms with Crippen LogP contribution in [0.25, 0.3) is 0 Å². The molecule has 1 fully saturated rings. The van der Waals surface area contributed by atoms with E-state index in [0.29, 0.717) is 18.1 Å². The Kier molecular flexibility index (Phi) is 7.15. The van der Waals surface area contributed by atoms with Gasteiger partial charge in [-0.15, -0.1) is 0 Å². The van der Waals surface area contributed by atoms with Crippen molar-refractivity contribution in [2.45, 2.75) is 50.3 Å². The second-order valence-corrected chi connectivity index (χ2v) is 6.45. The Morgan fingerprint density at radius 3 is 2.57 bits per heavy atom. The number of aliphatic hydroxyl groups excluding tert-OH is 1. The number of urea groups is 1. The van der Waals surface area contributed by atoms with Gasteiger partial charge in [0.2, 0.25) is 0 Å². The van der Waals surface area contributed by atoms with Crippen LogP contribution in [-0.4, -0.2) is 37.0 Å². The van der Waals surface area contributed by atoms with Crippen molar-refractivity contribution >= 4 is 17.6 Å². The Morgan fingerprint density at radius 2 is 1.96 bits per heavy atom. The van der Waals surface area contributed by atoms with E-state index >= 15 is 0 Å². The van der Waals surface area contributed by atoms with Crippen LogP contribution in [-0.2, 0) is 4.74 Å². The normalized spacial score (nSPS) is 22.4. The number of hydrogen-bond acceptors (Lipinski definition) is 3. The zero-order chi connectivity index (χ0) is 16.7. The number of methoxy groups -OCH3 is 1. The fraction of sp³-hybridized carbons (Fsp3) is 0.588. The predicted molar refractivity (Wildman–Crippen MR) is 90.6 cm³/mol. The molecular formula is C17H25ClN2O3. The van der Waals surface area contributed by atoms with Crippen LogP contribution in [0.5, 0.6) is 0 Å². The molecule has 0 bridgehead atoms. The van der Waals surface area contributed by atoms with Crippen molar-refractivity contribution in [1.29, 1.82) is 0 Å². The van der Waals surface area contributed by atoms with Gasteiger partial charge in [0.25, 0.3) is 0 Å². The number of ether oxygens (including phenoxy) is 1. The molecular weight excluding hydrogens is 316 g/mol. The Bertz CT molecular complexity index is 487. The predicted octanol–water partition coefficient (Wildman–Crippen LogP) is 3.02. The summed E-state index contributed by atoms with van der Waals surface area (Å²) in [4.78, 5) is 12.3. The van der Waals surface area contributed by atoms with E-state index in [0.717, 1.165) is 31.2 Å². The minimum absolute atomic E-state index is 0.124. The standard InChI is InChI=1S/C17H25ClN2O3/c1-23-11-10-16(12-2-4-13(18)5-3-12)20-17(22)19-14-6-8-15(21)9-7-14/h2-5,14-16,21H,6-11H2,1H3,(H2,19,20,22). The van der Waals surface area contributed by atoms with Gasteiger partial charge in [-0.05, 0) is 49.8 Å². The molecule has 2 rings (SSSR count). The number of carbonyl (C=O) groups is 1. The van der Waals surface area contributed by atoms with Crippen molar-refractivity contribution in [3.05, 3.63) is 34.9 Å². The van der Waals surface area contributed by atoms with Gasteiger partial charge < -0.3 is 20.5 Å². The van der Waals surface area contributed by atoms with Crippen LogP contribution in [0, 0.1) is 0 Å². The summed E-state index contributed by atoms with van der Waals surface area (Å²) in [6.45, 7) is 0.559. The van der Waals surface area contributed by atoms with E-state index in [1.807, 2.05) is 24.3 Å². The molecule has 5 nitrogen and oxygen atoms in total. The molecule has 1 aliphatic rings. The summed E-state index contributed by atoms with van der Waals surface area (Å²) >= 11 is 5.92. The van der Waals surface area contributed by atoms with Crippen LogP contribution in [0.4, 0.5) is 4.79 Å². The third-order valence-corrected chi connectivity index (χ3v) is 4.47. The van der Waals surface area contributed by atoms with Crippen molar-refractivity contribution in [3.63, 3.8) is 0 Å². The van der Waals surface area contributed by atoms with Crippen LogP contribution >= 0.6 is 11.6 Å². The number of hydrogen-bond donors (Lipinski definition) is 3. The molecule has 3 N–H and O–H groups in total. The van der Waals surface area contributed by atoms with Crippen molar-refractivity contribution in [2.75, 3.05) is 13.7 Å². The lowest BCUT2D eigenvalue weighted by molar-refractivity contribution is 0.117. The third kappa shape index (κ3) is 6.01. The number of benzene rings is 1. The highest BCUT2D eigenvalue weighted by Gasteiger charge is 2.22. The van der Waals surface area contributed by atoms with E-state index in [4.69, 9.17) is 16.3 Å². The van der Waals surface area contributed by atoms with Crippen molar-refractivity contribution in [2.24, 2.45) is 0 Å². The number of rotatable bonds is 6. The average Bonchev–Trinajstić information content (AvgIpc) is 2.54. The zero-order valence-electron chi connectivity index (χ0n) is 13.4. The summed E-state index contributed by atoms with van der Waals surface area (Å²) < 4.78 is 5.14. The first-order valence-electron chi connectivity index (χ1n) is 8.08. The molecule has 0 heterocycles.